The average Bonchev–Trinajstić information content (AvgIpc) is 3.33. The van der Waals surface area contributed by atoms with E-state index in [0.29, 0.717) is 18.7 Å². The van der Waals surface area contributed by atoms with Crippen molar-refractivity contribution >= 4 is 21.5 Å². The first-order valence-corrected chi connectivity index (χ1v) is 13.1. The number of rotatable bonds is 5. The van der Waals surface area contributed by atoms with Crippen molar-refractivity contribution in [2.24, 2.45) is 0 Å². The molecule has 1 saturated heterocycles. The number of fused-ring (bicyclic) bond motifs is 2. The maximum atomic E-state index is 13.8. The van der Waals surface area contributed by atoms with Crippen LogP contribution in [0.3, 0.4) is 0 Å². The van der Waals surface area contributed by atoms with Crippen LogP contribution in [0.5, 0.6) is 0 Å². The van der Waals surface area contributed by atoms with Gasteiger partial charge in [-0.25, -0.2) is 8.42 Å². The molecule has 180 valence electrons. The molecule has 2 atom stereocenters. The number of allylic oxidation sites excluding steroid dienone is 1. The summed E-state index contributed by atoms with van der Waals surface area (Å²) in [7, 11) is -3.91. The Balaban J connectivity index is 1.64. The Kier molecular flexibility index (Phi) is 5.77. The normalized spacial score (nSPS) is 22.7. The number of ketones is 1. The number of para-hydroxylation sites is 1. The molecule has 2 heterocycles. The highest BCUT2D eigenvalue weighted by Crippen LogP contribution is 2.56. The van der Waals surface area contributed by atoms with E-state index in [-0.39, 0.29) is 17.2 Å². The van der Waals surface area contributed by atoms with Gasteiger partial charge in [0.2, 0.25) is 6.23 Å². The predicted molar refractivity (Wildman–Crippen MR) is 137 cm³/mol. The largest absolute Gasteiger partial charge is 0.426 e. The van der Waals surface area contributed by atoms with Crippen LogP contribution in [0.4, 0.5) is 5.69 Å². The fourth-order valence-corrected chi connectivity index (χ4v) is 6.93. The molecular formula is C28H29N2O4S+. The van der Waals surface area contributed by atoms with Gasteiger partial charge in [0, 0.05) is 18.3 Å². The average molecular weight is 490 g/mol. The van der Waals surface area contributed by atoms with Crippen molar-refractivity contribution in [3.05, 3.63) is 107 Å². The highest BCUT2D eigenvalue weighted by Gasteiger charge is 2.62. The molecule has 7 heteroatoms. The number of carbonyl (C=O) groups excluding carboxylic acids is 1. The molecule has 35 heavy (non-hydrogen) atoms. The van der Waals surface area contributed by atoms with Crippen molar-refractivity contribution in [2.45, 2.75) is 43.4 Å². The van der Waals surface area contributed by atoms with E-state index in [4.69, 9.17) is 0 Å². The van der Waals surface area contributed by atoms with E-state index in [0.717, 1.165) is 22.4 Å². The molecule has 1 spiro atoms. The fourth-order valence-electron chi connectivity index (χ4n) is 5.39. The summed E-state index contributed by atoms with van der Waals surface area (Å²) in [6.07, 6.45) is 1.06. The minimum atomic E-state index is -3.91. The molecule has 0 aromatic heterocycles. The first-order chi connectivity index (χ1) is 16.7. The summed E-state index contributed by atoms with van der Waals surface area (Å²) in [6.45, 7) is 4.06. The van der Waals surface area contributed by atoms with Gasteiger partial charge in [-0.15, -0.1) is 0 Å². The second kappa shape index (κ2) is 8.66. The van der Waals surface area contributed by atoms with Crippen LogP contribution in [0.25, 0.3) is 0 Å². The second-order valence-corrected chi connectivity index (χ2v) is 11.1. The summed E-state index contributed by atoms with van der Waals surface area (Å²) in [5.41, 5.74) is 3.28. The number of carbonyl (C=O) groups is 1. The van der Waals surface area contributed by atoms with Crippen LogP contribution in [0.15, 0.2) is 95.5 Å². The summed E-state index contributed by atoms with van der Waals surface area (Å²) in [4.78, 5) is 14.6. The molecule has 0 saturated carbocycles. The number of nitrogens with zero attached hydrogens (tertiary/aromatic N) is 2. The summed E-state index contributed by atoms with van der Waals surface area (Å²) < 4.78 is 28.9. The molecule has 3 aromatic carbocycles. The molecule has 0 radical (unpaired) electrons. The Labute approximate surface area is 206 Å². The van der Waals surface area contributed by atoms with Gasteiger partial charge < -0.3 is 5.11 Å². The first-order valence-electron chi connectivity index (χ1n) is 11.7. The monoisotopic (exact) mass is 489 g/mol. The Morgan fingerprint density at radius 2 is 1.69 bits per heavy atom. The lowest BCUT2D eigenvalue weighted by Crippen LogP contribution is -2.45. The van der Waals surface area contributed by atoms with Crippen molar-refractivity contribution in [2.75, 3.05) is 11.4 Å². The van der Waals surface area contributed by atoms with Gasteiger partial charge in [0.05, 0.1) is 17.1 Å². The topological polar surface area (TPSA) is 80.6 Å². The van der Waals surface area contributed by atoms with Crippen molar-refractivity contribution in [1.82, 2.24) is 4.31 Å². The zero-order valence-electron chi connectivity index (χ0n) is 19.8. The van der Waals surface area contributed by atoms with Crippen LogP contribution in [-0.4, -0.2) is 36.4 Å². The molecule has 2 aliphatic heterocycles. The third-order valence-corrected chi connectivity index (χ3v) is 8.88. The van der Waals surface area contributed by atoms with E-state index in [1.807, 2.05) is 66.4 Å². The van der Waals surface area contributed by atoms with Gasteiger partial charge in [-0.2, -0.15) is 0 Å². The van der Waals surface area contributed by atoms with Gasteiger partial charge >= 0.3 is 0 Å². The first kappa shape index (κ1) is 23.3. The Hall–Kier alpha value is -3.42. The summed E-state index contributed by atoms with van der Waals surface area (Å²) in [6, 6.07) is 24.5. The molecule has 0 unspecified atom stereocenters. The smallest absolute Gasteiger partial charge is 0.264 e. The third-order valence-electron chi connectivity index (χ3n) is 7.05. The van der Waals surface area contributed by atoms with Gasteiger partial charge in [-0.05, 0) is 49.6 Å². The number of hydrogen-bond donors (Lipinski definition) is 0. The van der Waals surface area contributed by atoms with E-state index in [1.165, 1.54) is 17.3 Å². The third kappa shape index (κ3) is 3.75. The summed E-state index contributed by atoms with van der Waals surface area (Å²) in [5.74, 6) is -0.239. The lowest BCUT2D eigenvalue weighted by Gasteiger charge is -2.31. The zero-order valence-corrected chi connectivity index (χ0v) is 20.6. The second-order valence-electron chi connectivity index (χ2n) is 9.28. The van der Waals surface area contributed by atoms with E-state index in [1.54, 1.807) is 24.3 Å². The van der Waals surface area contributed by atoms with Crippen molar-refractivity contribution in [3.63, 3.8) is 0 Å². The molecule has 0 bridgehead atoms. The summed E-state index contributed by atoms with van der Waals surface area (Å²) in [5, 5.41) is 9.42. The maximum absolute atomic E-state index is 13.8. The number of anilines is 1. The molecule has 0 amide bonds. The highest BCUT2D eigenvalue weighted by atomic mass is 32.2. The van der Waals surface area contributed by atoms with Crippen LogP contribution in [-0.2, 0) is 26.8 Å². The zero-order chi connectivity index (χ0) is 24.8. The molecular weight excluding hydrogens is 460 g/mol. The van der Waals surface area contributed by atoms with E-state index < -0.39 is 21.7 Å². The van der Waals surface area contributed by atoms with Gasteiger partial charge in [-0.1, -0.05) is 66.2 Å². The van der Waals surface area contributed by atoms with E-state index in [2.05, 4.69) is 0 Å². The van der Waals surface area contributed by atoms with Crippen molar-refractivity contribution in [1.29, 1.82) is 0 Å². The Morgan fingerprint density at radius 3 is 2.37 bits per heavy atom. The number of benzene rings is 3. The van der Waals surface area contributed by atoms with Crippen LogP contribution < -0.4 is 4.90 Å². The van der Waals surface area contributed by atoms with Gasteiger partial charge in [0.25, 0.3) is 10.0 Å². The SMILES string of the molecule is CC(=O)/C=C1/N(S(=O)(=O)c2ccc(C)cc2)CC[C@@]12c1ccccc1N(Cc1ccccc1)[C@H]2[OH2+]. The molecule has 3 aromatic rings. The fraction of sp³-hybridized carbons (Fsp3) is 0.250. The molecule has 2 aliphatic rings. The van der Waals surface area contributed by atoms with Gasteiger partial charge in [0.1, 0.15) is 5.41 Å². The lowest BCUT2D eigenvalue weighted by molar-refractivity contribution is -0.112. The Morgan fingerprint density at radius 1 is 1.03 bits per heavy atom. The van der Waals surface area contributed by atoms with Gasteiger partial charge in [0.15, 0.2) is 5.78 Å². The number of aryl methyl sites for hydroxylation is 1. The molecule has 5 rings (SSSR count). The minimum absolute atomic E-state index is 0.184. The van der Waals surface area contributed by atoms with Crippen molar-refractivity contribution in [3.8, 4) is 0 Å². The lowest BCUT2D eigenvalue weighted by atomic mass is 9.77. The van der Waals surface area contributed by atoms with Crippen LogP contribution in [0, 0.1) is 6.92 Å². The predicted octanol–water partition coefficient (Wildman–Crippen LogP) is 3.87. The van der Waals surface area contributed by atoms with E-state index in [9.17, 15) is 18.3 Å². The molecule has 0 aliphatic carbocycles. The molecule has 1 fully saturated rings. The van der Waals surface area contributed by atoms with Crippen LogP contribution >= 0.6 is 0 Å². The standard InChI is InChI=1S/C28H28N2O4S/c1-20-12-14-23(15-13-20)35(33,34)30-17-16-28(26(30)18-21(2)31)24-10-6-7-11-25(24)29(27(28)32)19-22-8-4-3-5-9-22/h3-15,18,27,32H,16-17,19H2,1-2H3/p+1/b26-18+/t27-,28+/m0/s1. The van der Waals surface area contributed by atoms with Crippen LogP contribution in [0.2, 0.25) is 0 Å². The maximum Gasteiger partial charge on any atom is 0.264 e. The van der Waals surface area contributed by atoms with Gasteiger partial charge in [-0.3, -0.25) is 14.0 Å². The highest BCUT2D eigenvalue weighted by molar-refractivity contribution is 7.89. The van der Waals surface area contributed by atoms with Crippen molar-refractivity contribution < 1.29 is 18.3 Å². The molecule has 6 nitrogen and oxygen atoms in total. The van der Waals surface area contributed by atoms with Crippen LogP contribution in [0.1, 0.15) is 30.0 Å². The quantitative estimate of drug-likeness (QED) is 0.403. The van der Waals surface area contributed by atoms with E-state index >= 15 is 0 Å². The summed E-state index contributed by atoms with van der Waals surface area (Å²) >= 11 is 0. The molecule has 2 N–H and O–H groups in total. The minimum Gasteiger partial charge on any atom is -0.426 e. The number of sulfonamides is 1. The number of hydrogen-bond acceptors (Lipinski definition) is 4. The Bertz CT molecular complexity index is 1400.